The van der Waals surface area contributed by atoms with Crippen molar-refractivity contribution in [2.75, 3.05) is 6.61 Å². The highest BCUT2D eigenvalue weighted by atomic mass is 35.7. The molecule has 0 aromatic carbocycles. The lowest BCUT2D eigenvalue weighted by atomic mass is 10.5. The number of hydrogen-bond acceptors (Lipinski definition) is 2. The molecule has 1 rings (SSSR count). The van der Waals surface area contributed by atoms with Crippen LogP contribution >= 0.6 is 19.0 Å². The van der Waals surface area contributed by atoms with Gasteiger partial charge in [0.1, 0.15) is 0 Å². The second-order valence-corrected chi connectivity index (χ2v) is 3.07. The highest BCUT2D eigenvalue weighted by Gasteiger charge is 2.20. The van der Waals surface area contributed by atoms with E-state index in [2.05, 4.69) is 4.52 Å². The van der Waals surface area contributed by atoms with E-state index in [9.17, 15) is 4.39 Å². The summed E-state index contributed by atoms with van der Waals surface area (Å²) in [7, 11) is -1.43. The monoisotopic (exact) mass is 158 g/mol. The molecule has 1 fully saturated rings. The molecule has 0 saturated carbocycles. The second-order valence-electron chi connectivity index (χ2n) is 1.35. The van der Waals surface area contributed by atoms with E-state index in [0.29, 0.717) is 13.0 Å². The van der Waals surface area contributed by atoms with Gasteiger partial charge in [0.15, 0.2) is 0 Å². The zero-order chi connectivity index (χ0) is 5.98. The fourth-order valence-corrected chi connectivity index (χ4v) is 1.45. The van der Waals surface area contributed by atoms with E-state index in [0.717, 1.165) is 0 Å². The van der Waals surface area contributed by atoms with Gasteiger partial charge in [-0.25, -0.2) is 4.39 Å². The van der Waals surface area contributed by atoms with E-state index in [1.807, 2.05) is 0 Å². The molecule has 0 N–H and O–H groups in total. The van der Waals surface area contributed by atoms with Crippen LogP contribution < -0.4 is 0 Å². The first-order valence-electron chi connectivity index (χ1n) is 2.19. The molecule has 1 aliphatic rings. The molecule has 2 nitrogen and oxygen atoms in total. The van der Waals surface area contributed by atoms with Crippen molar-refractivity contribution in [2.24, 2.45) is 0 Å². The summed E-state index contributed by atoms with van der Waals surface area (Å²) in [5.74, 6) is 0. The minimum Gasteiger partial charge on any atom is -0.322 e. The summed E-state index contributed by atoms with van der Waals surface area (Å²) < 4.78 is 21.2. The van der Waals surface area contributed by atoms with Gasteiger partial charge in [-0.3, -0.25) is 4.52 Å². The van der Waals surface area contributed by atoms with Crippen molar-refractivity contribution in [3.8, 4) is 0 Å². The minimum atomic E-state index is -1.43. The molecule has 2 atom stereocenters. The van der Waals surface area contributed by atoms with Crippen molar-refractivity contribution in [1.29, 1.82) is 0 Å². The van der Waals surface area contributed by atoms with Crippen LogP contribution in [-0.4, -0.2) is 13.0 Å². The molecule has 0 amide bonds. The van der Waals surface area contributed by atoms with Gasteiger partial charge < -0.3 is 4.52 Å². The van der Waals surface area contributed by atoms with Crippen molar-refractivity contribution < 1.29 is 13.4 Å². The Bertz CT molecular complexity index is 75.7. The van der Waals surface area contributed by atoms with E-state index in [4.69, 9.17) is 15.8 Å². The summed E-state index contributed by atoms with van der Waals surface area (Å²) in [6.45, 7) is 0.371. The Kier molecular flexibility index (Phi) is 2.44. The second kappa shape index (κ2) is 2.92. The van der Waals surface area contributed by atoms with Crippen LogP contribution in [-0.2, 0) is 9.05 Å². The smallest absolute Gasteiger partial charge is 0.279 e. The molecular formula is C3H5ClFO2P. The Morgan fingerprint density at radius 2 is 2.50 bits per heavy atom. The van der Waals surface area contributed by atoms with Gasteiger partial charge in [-0.15, -0.1) is 0 Å². The quantitative estimate of drug-likeness (QED) is 0.503. The van der Waals surface area contributed by atoms with Gasteiger partial charge in [0, 0.05) is 6.42 Å². The van der Waals surface area contributed by atoms with Crippen LogP contribution in [0.4, 0.5) is 4.39 Å². The first-order chi connectivity index (χ1) is 3.79. The lowest BCUT2D eigenvalue weighted by molar-refractivity contribution is 0.0183. The van der Waals surface area contributed by atoms with Gasteiger partial charge in [0.2, 0.25) is 6.36 Å². The fourth-order valence-electron chi connectivity index (χ4n) is 0.390. The fraction of sp³-hybridized carbons (Fsp3) is 1.00. The number of hydrogen-bond donors (Lipinski definition) is 0. The van der Waals surface area contributed by atoms with E-state index in [1.54, 1.807) is 0 Å². The van der Waals surface area contributed by atoms with Gasteiger partial charge >= 0.3 is 0 Å². The summed E-state index contributed by atoms with van der Waals surface area (Å²) in [5, 5.41) is 0. The molecule has 1 heterocycles. The Labute approximate surface area is 52.6 Å². The third-order valence-electron chi connectivity index (χ3n) is 0.735. The van der Waals surface area contributed by atoms with Crippen LogP contribution in [0.15, 0.2) is 0 Å². The van der Waals surface area contributed by atoms with Gasteiger partial charge in [-0.2, -0.15) is 0 Å². The number of halogens is 2. The third-order valence-corrected chi connectivity index (χ3v) is 2.05. The maximum absolute atomic E-state index is 12.1. The van der Waals surface area contributed by atoms with Gasteiger partial charge in [-0.1, -0.05) is 0 Å². The molecule has 2 unspecified atom stereocenters. The van der Waals surface area contributed by atoms with E-state index < -0.39 is 14.1 Å². The molecule has 0 spiro atoms. The Hall–Kier alpha value is 0.570. The van der Waals surface area contributed by atoms with Crippen LogP contribution in [0.5, 0.6) is 0 Å². The molecule has 0 aliphatic carbocycles. The molecular weight excluding hydrogens is 153 g/mol. The summed E-state index contributed by atoms with van der Waals surface area (Å²) in [6, 6.07) is 0. The largest absolute Gasteiger partial charge is 0.322 e. The molecule has 0 aromatic heterocycles. The maximum atomic E-state index is 12.1. The maximum Gasteiger partial charge on any atom is 0.279 e. The first kappa shape index (κ1) is 6.69. The van der Waals surface area contributed by atoms with Gasteiger partial charge in [0.05, 0.1) is 6.61 Å². The van der Waals surface area contributed by atoms with E-state index in [-0.39, 0.29) is 0 Å². The number of alkyl halides is 1. The standard InChI is InChI=1S/C3H5ClFO2P/c4-8-6-2-1-3(5)7-8/h3H,1-2H2. The third kappa shape index (κ3) is 1.82. The van der Waals surface area contributed by atoms with Crippen LogP contribution in [0.2, 0.25) is 0 Å². The number of rotatable bonds is 0. The van der Waals surface area contributed by atoms with Crippen molar-refractivity contribution >= 4 is 19.0 Å². The van der Waals surface area contributed by atoms with Gasteiger partial charge in [0.25, 0.3) is 7.73 Å². The van der Waals surface area contributed by atoms with Crippen molar-refractivity contribution in [1.82, 2.24) is 0 Å². The molecule has 1 aliphatic heterocycles. The van der Waals surface area contributed by atoms with Crippen LogP contribution in [0, 0.1) is 0 Å². The zero-order valence-electron chi connectivity index (χ0n) is 4.01. The average Bonchev–Trinajstić information content (AvgIpc) is 1.64. The predicted octanol–water partition coefficient (Wildman–Crippen LogP) is 2.18. The highest BCUT2D eigenvalue weighted by molar-refractivity contribution is 7.76. The van der Waals surface area contributed by atoms with E-state index in [1.165, 1.54) is 0 Å². The molecule has 0 radical (unpaired) electrons. The Morgan fingerprint density at radius 1 is 1.75 bits per heavy atom. The minimum absolute atomic E-state index is 0.297. The predicted molar refractivity (Wildman–Crippen MR) is 29.3 cm³/mol. The summed E-state index contributed by atoms with van der Waals surface area (Å²) in [4.78, 5) is 0. The molecule has 5 heteroatoms. The molecule has 8 heavy (non-hydrogen) atoms. The lowest BCUT2D eigenvalue weighted by Gasteiger charge is -2.18. The molecule has 1 saturated heterocycles. The average molecular weight is 158 g/mol. The van der Waals surface area contributed by atoms with Crippen molar-refractivity contribution in [2.45, 2.75) is 12.8 Å². The SMILES string of the molecule is FC1CCOP(Cl)O1. The summed E-state index contributed by atoms with van der Waals surface area (Å²) in [6.07, 6.45) is -0.918. The van der Waals surface area contributed by atoms with Crippen LogP contribution in [0.3, 0.4) is 0 Å². The lowest BCUT2D eigenvalue weighted by Crippen LogP contribution is -2.11. The Morgan fingerprint density at radius 3 is 2.88 bits per heavy atom. The molecule has 48 valence electrons. The molecule has 0 aromatic rings. The molecule has 0 bridgehead atoms. The van der Waals surface area contributed by atoms with Crippen LogP contribution in [0.1, 0.15) is 6.42 Å². The zero-order valence-corrected chi connectivity index (χ0v) is 5.66. The van der Waals surface area contributed by atoms with Gasteiger partial charge in [-0.05, 0) is 11.2 Å². The summed E-state index contributed by atoms with van der Waals surface area (Å²) in [5.41, 5.74) is 0. The van der Waals surface area contributed by atoms with Crippen molar-refractivity contribution in [3.05, 3.63) is 0 Å². The van der Waals surface area contributed by atoms with E-state index >= 15 is 0 Å². The Balaban J connectivity index is 2.23. The topological polar surface area (TPSA) is 18.5 Å². The van der Waals surface area contributed by atoms with Crippen molar-refractivity contribution in [3.63, 3.8) is 0 Å². The van der Waals surface area contributed by atoms with Crippen LogP contribution in [0.25, 0.3) is 0 Å². The normalized spacial score (nSPS) is 39.8. The summed E-state index contributed by atoms with van der Waals surface area (Å²) >= 11 is 5.29. The highest BCUT2D eigenvalue weighted by Crippen LogP contribution is 2.48. The first-order valence-corrected chi connectivity index (χ1v) is 4.27.